The van der Waals surface area contributed by atoms with Gasteiger partial charge in [-0.1, -0.05) is 0 Å². The number of nitrogens with zero attached hydrogens (tertiary/aromatic N) is 1. The quantitative estimate of drug-likeness (QED) is 0.699. The molecule has 1 aliphatic carbocycles. The Hall–Kier alpha value is -0.170. The summed E-state index contributed by atoms with van der Waals surface area (Å²) in [6, 6.07) is 0.349. The first-order valence-corrected chi connectivity index (χ1v) is 6.99. The van der Waals surface area contributed by atoms with Crippen LogP contribution < -0.4 is 10.0 Å². The molecule has 5 nitrogen and oxygen atoms in total. The van der Waals surface area contributed by atoms with Crippen molar-refractivity contribution in [2.75, 3.05) is 20.1 Å². The number of hydrogen-bond acceptors (Lipinski definition) is 3. The average Bonchev–Trinajstić information content (AvgIpc) is 3.01. The molecule has 2 N–H and O–H groups in total. The van der Waals surface area contributed by atoms with E-state index in [1.807, 2.05) is 0 Å². The largest absolute Gasteiger partial charge is 0.317 e. The molecule has 0 amide bonds. The third kappa shape index (κ3) is 2.90. The number of piperidine rings is 1. The molecule has 2 aliphatic rings. The standard InChI is InChI=1S/C9H19N3O2S/c1-12(9-4-6-10-7-5-9)15(13,14)11-8-2-3-8/h8-11H,2-7H2,1H3. The lowest BCUT2D eigenvalue weighted by Crippen LogP contribution is -2.48. The van der Waals surface area contributed by atoms with E-state index in [0.717, 1.165) is 38.8 Å². The number of nitrogens with one attached hydrogen (secondary N) is 2. The lowest BCUT2D eigenvalue weighted by molar-refractivity contribution is 0.293. The Morgan fingerprint density at radius 1 is 1.20 bits per heavy atom. The maximum absolute atomic E-state index is 11.9. The lowest BCUT2D eigenvalue weighted by atomic mass is 10.1. The Morgan fingerprint density at radius 2 is 1.80 bits per heavy atom. The summed E-state index contributed by atoms with van der Waals surface area (Å²) in [7, 11) is -1.56. The van der Waals surface area contributed by atoms with Crippen molar-refractivity contribution in [3.8, 4) is 0 Å². The van der Waals surface area contributed by atoms with E-state index in [2.05, 4.69) is 10.0 Å². The molecule has 0 radical (unpaired) electrons. The van der Waals surface area contributed by atoms with Gasteiger partial charge in [-0.2, -0.15) is 17.4 Å². The Morgan fingerprint density at radius 3 is 2.33 bits per heavy atom. The molecule has 1 aliphatic heterocycles. The zero-order chi connectivity index (χ0) is 10.9. The van der Waals surface area contributed by atoms with Crippen molar-refractivity contribution in [2.24, 2.45) is 0 Å². The minimum atomic E-state index is -3.24. The van der Waals surface area contributed by atoms with Gasteiger partial charge < -0.3 is 5.32 Å². The predicted molar refractivity (Wildman–Crippen MR) is 58.7 cm³/mol. The predicted octanol–water partition coefficient (Wildman–Crippen LogP) is -0.333. The molecule has 2 fully saturated rings. The second-order valence-electron chi connectivity index (χ2n) is 4.39. The molecule has 1 heterocycles. The van der Waals surface area contributed by atoms with Gasteiger partial charge in [-0.3, -0.25) is 0 Å². The van der Waals surface area contributed by atoms with Gasteiger partial charge in [-0.05, 0) is 38.8 Å². The van der Waals surface area contributed by atoms with Crippen LogP contribution >= 0.6 is 0 Å². The molecule has 0 unspecified atom stereocenters. The molecule has 1 saturated carbocycles. The van der Waals surface area contributed by atoms with Gasteiger partial charge in [-0.15, -0.1) is 0 Å². The first kappa shape index (κ1) is 11.3. The fourth-order valence-corrected chi connectivity index (χ4v) is 3.29. The Balaban J connectivity index is 1.94. The molecule has 2 rings (SSSR count). The molecule has 0 aromatic rings. The fraction of sp³-hybridized carbons (Fsp3) is 1.00. The Labute approximate surface area is 91.4 Å². The SMILES string of the molecule is CN(C1CCNCC1)S(=O)(=O)NC1CC1. The van der Waals surface area contributed by atoms with Gasteiger partial charge in [0, 0.05) is 19.1 Å². The monoisotopic (exact) mass is 233 g/mol. The second kappa shape index (κ2) is 4.37. The van der Waals surface area contributed by atoms with Crippen molar-refractivity contribution >= 4 is 10.2 Å². The van der Waals surface area contributed by atoms with Crippen LogP contribution in [0.4, 0.5) is 0 Å². The minimum absolute atomic E-state index is 0.155. The minimum Gasteiger partial charge on any atom is -0.317 e. The third-order valence-electron chi connectivity index (χ3n) is 3.09. The van der Waals surface area contributed by atoms with E-state index in [1.165, 1.54) is 4.31 Å². The van der Waals surface area contributed by atoms with Crippen LogP contribution in [0.25, 0.3) is 0 Å². The normalized spacial score (nSPS) is 24.7. The van der Waals surface area contributed by atoms with Gasteiger partial charge in [-0.25, -0.2) is 0 Å². The Bertz CT molecular complexity index is 307. The van der Waals surface area contributed by atoms with E-state index < -0.39 is 10.2 Å². The van der Waals surface area contributed by atoms with Gasteiger partial charge in [0.15, 0.2) is 0 Å². The van der Waals surface area contributed by atoms with Gasteiger partial charge in [0.25, 0.3) is 10.2 Å². The maximum atomic E-state index is 11.9. The molecule has 6 heteroatoms. The van der Waals surface area contributed by atoms with Crippen LogP contribution in [0.3, 0.4) is 0 Å². The zero-order valence-corrected chi connectivity index (χ0v) is 9.89. The van der Waals surface area contributed by atoms with Crippen LogP contribution in [0.2, 0.25) is 0 Å². The molecular weight excluding hydrogens is 214 g/mol. The van der Waals surface area contributed by atoms with E-state index in [1.54, 1.807) is 7.05 Å². The summed E-state index contributed by atoms with van der Waals surface area (Å²) in [6.07, 6.45) is 3.78. The molecule has 15 heavy (non-hydrogen) atoms. The van der Waals surface area contributed by atoms with Gasteiger partial charge >= 0.3 is 0 Å². The van der Waals surface area contributed by atoms with Crippen LogP contribution in [0.15, 0.2) is 0 Å². The fourth-order valence-electron chi connectivity index (χ4n) is 1.86. The van der Waals surface area contributed by atoms with Crippen molar-refractivity contribution in [3.05, 3.63) is 0 Å². The zero-order valence-electron chi connectivity index (χ0n) is 9.07. The van der Waals surface area contributed by atoms with Crippen LogP contribution in [0.5, 0.6) is 0 Å². The van der Waals surface area contributed by atoms with Crippen LogP contribution in [0.1, 0.15) is 25.7 Å². The van der Waals surface area contributed by atoms with Crippen molar-refractivity contribution in [1.29, 1.82) is 0 Å². The topological polar surface area (TPSA) is 61.4 Å². The van der Waals surface area contributed by atoms with Crippen molar-refractivity contribution in [1.82, 2.24) is 14.3 Å². The molecule has 0 spiro atoms. The molecule has 1 saturated heterocycles. The first-order chi connectivity index (χ1) is 7.09. The average molecular weight is 233 g/mol. The molecule has 0 aromatic heterocycles. The van der Waals surface area contributed by atoms with Gasteiger partial charge in [0.05, 0.1) is 0 Å². The van der Waals surface area contributed by atoms with E-state index in [0.29, 0.717) is 0 Å². The van der Waals surface area contributed by atoms with E-state index in [-0.39, 0.29) is 12.1 Å². The summed E-state index contributed by atoms with van der Waals surface area (Å²) < 4.78 is 28.0. The second-order valence-corrected chi connectivity index (χ2v) is 6.16. The highest BCUT2D eigenvalue weighted by molar-refractivity contribution is 7.87. The lowest BCUT2D eigenvalue weighted by Gasteiger charge is -2.30. The highest BCUT2D eigenvalue weighted by Gasteiger charge is 2.32. The van der Waals surface area contributed by atoms with E-state index in [4.69, 9.17) is 0 Å². The molecule has 0 aromatic carbocycles. The van der Waals surface area contributed by atoms with Crippen molar-refractivity contribution in [3.63, 3.8) is 0 Å². The van der Waals surface area contributed by atoms with E-state index in [9.17, 15) is 8.42 Å². The van der Waals surface area contributed by atoms with Gasteiger partial charge in [0.1, 0.15) is 0 Å². The van der Waals surface area contributed by atoms with Crippen LogP contribution in [-0.2, 0) is 10.2 Å². The summed E-state index contributed by atoms with van der Waals surface area (Å²) >= 11 is 0. The third-order valence-corrected chi connectivity index (χ3v) is 4.78. The summed E-state index contributed by atoms with van der Waals surface area (Å²) in [5.41, 5.74) is 0. The van der Waals surface area contributed by atoms with Gasteiger partial charge in [0.2, 0.25) is 0 Å². The summed E-state index contributed by atoms with van der Waals surface area (Å²) in [4.78, 5) is 0. The van der Waals surface area contributed by atoms with Crippen molar-refractivity contribution < 1.29 is 8.42 Å². The molecule has 0 bridgehead atoms. The Kier molecular flexibility index (Phi) is 3.30. The van der Waals surface area contributed by atoms with E-state index >= 15 is 0 Å². The number of hydrogen-bond donors (Lipinski definition) is 2. The van der Waals surface area contributed by atoms with Crippen molar-refractivity contribution in [2.45, 2.75) is 37.8 Å². The smallest absolute Gasteiger partial charge is 0.279 e. The molecule has 0 atom stereocenters. The maximum Gasteiger partial charge on any atom is 0.279 e. The first-order valence-electron chi connectivity index (χ1n) is 5.55. The molecular formula is C9H19N3O2S. The summed E-state index contributed by atoms with van der Waals surface area (Å²) in [6.45, 7) is 1.82. The highest BCUT2D eigenvalue weighted by Crippen LogP contribution is 2.21. The molecule has 88 valence electrons. The highest BCUT2D eigenvalue weighted by atomic mass is 32.2. The van der Waals surface area contributed by atoms with Crippen LogP contribution in [-0.4, -0.2) is 44.9 Å². The number of rotatable bonds is 4. The summed E-state index contributed by atoms with van der Waals surface area (Å²) in [5.74, 6) is 0. The summed E-state index contributed by atoms with van der Waals surface area (Å²) in [5, 5.41) is 3.23. The van der Waals surface area contributed by atoms with Crippen LogP contribution in [0, 0.1) is 0 Å².